The summed E-state index contributed by atoms with van der Waals surface area (Å²) in [5.41, 5.74) is 7.40. The molecule has 1 saturated heterocycles. The van der Waals surface area contributed by atoms with Crippen molar-refractivity contribution in [2.24, 2.45) is 13.0 Å². The van der Waals surface area contributed by atoms with Crippen LogP contribution in [-0.2, 0) is 36.0 Å². The summed E-state index contributed by atoms with van der Waals surface area (Å²) in [6.45, 7) is 6.10. The van der Waals surface area contributed by atoms with Crippen LogP contribution in [0.25, 0.3) is 11.1 Å². The number of aromatic nitrogens is 4. The van der Waals surface area contributed by atoms with Crippen molar-refractivity contribution >= 4 is 17.9 Å². The Morgan fingerprint density at radius 1 is 1.26 bits per heavy atom. The molecule has 0 N–H and O–H groups in total. The Labute approximate surface area is 200 Å². The highest BCUT2D eigenvalue weighted by atomic mass is 16.5. The molecule has 0 aliphatic carbocycles. The molecular formula is C26H32N6O2. The lowest BCUT2D eigenvalue weighted by atomic mass is 9.88. The molecule has 0 radical (unpaired) electrons. The van der Waals surface area contributed by atoms with Crippen LogP contribution in [-0.4, -0.2) is 57.2 Å². The van der Waals surface area contributed by atoms with Gasteiger partial charge in [0.1, 0.15) is 0 Å². The van der Waals surface area contributed by atoms with E-state index < -0.39 is 0 Å². The lowest BCUT2D eigenvalue weighted by Gasteiger charge is -2.36. The van der Waals surface area contributed by atoms with Crippen LogP contribution in [0.15, 0.2) is 30.6 Å². The van der Waals surface area contributed by atoms with Gasteiger partial charge in [0, 0.05) is 61.9 Å². The van der Waals surface area contributed by atoms with E-state index in [1.54, 1.807) is 0 Å². The predicted octanol–water partition coefficient (Wildman–Crippen LogP) is 3.48. The molecule has 6 rings (SSSR count). The molecule has 1 aromatic carbocycles. The first-order valence-electron chi connectivity index (χ1n) is 12.4. The average molecular weight is 461 g/mol. The molecule has 2 aromatic heterocycles. The maximum atomic E-state index is 11.6. The highest BCUT2D eigenvalue weighted by Gasteiger charge is 2.34. The zero-order chi connectivity index (χ0) is 23.2. The largest absolute Gasteiger partial charge is 0.379 e. The van der Waals surface area contributed by atoms with Crippen LogP contribution in [0.5, 0.6) is 0 Å². The molecular weight excluding hydrogens is 428 g/mol. The van der Waals surface area contributed by atoms with Crippen molar-refractivity contribution in [3.8, 4) is 11.1 Å². The van der Waals surface area contributed by atoms with Crippen molar-refractivity contribution in [3.05, 3.63) is 47.4 Å². The standard InChI is InChI=1S/C26H32N6O2/c1-3-18-10-20-11-19(21-12-27-29(2)14-21)4-5-24(20)31(13-18)26-23-15-30(17-33)8-6-25(23)32(28-26)22-7-9-34-16-22/h4-5,11-12,14,17-18,22H,3,6-10,13,15-16H2,1-2H3. The summed E-state index contributed by atoms with van der Waals surface area (Å²) in [5.74, 6) is 1.57. The first-order chi connectivity index (χ1) is 16.6. The fraction of sp³-hybridized carbons (Fsp3) is 0.500. The van der Waals surface area contributed by atoms with Crippen molar-refractivity contribution in [2.45, 2.75) is 45.2 Å². The van der Waals surface area contributed by atoms with Gasteiger partial charge in [-0.1, -0.05) is 19.4 Å². The third-order valence-electron chi connectivity index (χ3n) is 7.69. The molecule has 3 aliphatic heterocycles. The fourth-order valence-electron chi connectivity index (χ4n) is 5.74. The van der Waals surface area contributed by atoms with Crippen LogP contribution in [0.2, 0.25) is 0 Å². The monoisotopic (exact) mass is 460 g/mol. The molecule has 0 bridgehead atoms. The molecule has 3 aromatic rings. The van der Waals surface area contributed by atoms with E-state index in [1.165, 1.54) is 28.1 Å². The van der Waals surface area contributed by atoms with E-state index in [9.17, 15) is 4.79 Å². The number of aryl methyl sites for hydroxylation is 1. The van der Waals surface area contributed by atoms with Gasteiger partial charge < -0.3 is 14.5 Å². The van der Waals surface area contributed by atoms with E-state index in [1.807, 2.05) is 22.8 Å². The number of rotatable bonds is 5. The summed E-state index contributed by atoms with van der Waals surface area (Å²) in [6, 6.07) is 7.05. The molecule has 1 fully saturated rings. The lowest BCUT2D eigenvalue weighted by Crippen LogP contribution is -2.34. The number of anilines is 2. The maximum Gasteiger partial charge on any atom is 0.210 e. The minimum absolute atomic E-state index is 0.282. The van der Waals surface area contributed by atoms with Gasteiger partial charge >= 0.3 is 0 Å². The summed E-state index contributed by atoms with van der Waals surface area (Å²) in [4.78, 5) is 15.9. The van der Waals surface area contributed by atoms with E-state index >= 15 is 0 Å². The molecule has 5 heterocycles. The van der Waals surface area contributed by atoms with E-state index in [0.717, 1.165) is 63.2 Å². The average Bonchev–Trinajstić information content (AvgIpc) is 3.62. The molecule has 2 atom stereocenters. The topological polar surface area (TPSA) is 68.4 Å². The molecule has 2 unspecified atom stereocenters. The van der Waals surface area contributed by atoms with Crippen molar-refractivity contribution in [1.82, 2.24) is 24.5 Å². The highest BCUT2D eigenvalue weighted by Crippen LogP contribution is 2.41. The Morgan fingerprint density at radius 2 is 2.18 bits per heavy atom. The summed E-state index contributed by atoms with van der Waals surface area (Å²) >= 11 is 0. The number of amides is 1. The normalized spacial score (nSPS) is 22.1. The Balaban J connectivity index is 1.45. The Hall–Kier alpha value is -3.13. The molecule has 0 spiro atoms. The van der Waals surface area contributed by atoms with Crippen molar-refractivity contribution in [1.29, 1.82) is 0 Å². The Bertz CT molecular complexity index is 1210. The number of benzene rings is 1. The van der Waals surface area contributed by atoms with Crippen molar-refractivity contribution < 1.29 is 9.53 Å². The molecule has 8 nitrogen and oxygen atoms in total. The lowest BCUT2D eigenvalue weighted by molar-refractivity contribution is -0.118. The van der Waals surface area contributed by atoms with Gasteiger partial charge in [-0.15, -0.1) is 0 Å². The second-order valence-corrected chi connectivity index (χ2v) is 9.87. The first-order valence-corrected chi connectivity index (χ1v) is 12.4. The van der Waals surface area contributed by atoms with Gasteiger partial charge in [0.25, 0.3) is 0 Å². The summed E-state index contributed by atoms with van der Waals surface area (Å²) in [5, 5.41) is 9.58. The number of nitrogens with zero attached hydrogens (tertiary/aromatic N) is 6. The van der Waals surface area contributed by atoms with Crippen molar-refractivity contribution in [3.63, 3.8) is 0 Å². The van der Waals surface area contributed by atoms with E-state index in [0.29, 0.717) is 19.1 Å². The van der Waals surface area contributed by atoms with Gasteiger partial charge in [-0.25, -0.2) is 0 Å². The van der Waals surface area contributed by atoms with Crippen LogP contribution in [0.4, 0.5) is 11.5 Å². The Morgan fingerprint density at radius 3 is 2.91 bits per heavy atom. The van der Waals surface area contributed by atoms with Crippen LogP contribution in [0.1, 0.15) is 42.6 Å². The van der Waals surface area contributed by atoms with Gasteiger partial charge in [0.05, 0.1) is 25.4 Å². The minimum atomic E-state index is 0.282. The highest BCUT2D eigenvalue weighted by molar-refractivity contribution is 5.74. The SMILES string of the molecule is CCC1Cc2cc(-c3cnn(C)c3)ccc2N(c2nn(C3CCOC3)c3c2CN(C=O)CC3)C1. The van der Waals surface area contributed by atoms with E-state index in [4.69, 9.17) is 9.84 Å². The van der Waals surface area contributed by atoms with Crippen LogP contribution < -0.4 is 4.90 Å². The van der Waals surface area contributed by atoms with Crippen molar-refractivity contribution in [2.75, 3.05) is 31.2 Å². The van der Waals surface area contributed by atoms with Gasteiger partial charge in [-0.2, -0.15) is 10.2 Å². The number of ether oxygens (including phenoxy) is 1. The number of carbonyl (C=O) groups is 1. The van der Waals surface area contributed by atoms with Gasteiger partial charge in [-0.3, -0.25) is 14.2 Å². The summed E-state index contributed by atoms with van der Waals surface area (Å²) in [7, 11) is 1.95. The third-order valence-corrected chi connectivity index (χ3v) is 7.69. The Kier molecular flexibility index (Phi) is 5.40. The third kappa shape index (κ3) is 3.60. The minimum Gasteiger partial charge on any atom is -0.379 e. The smallest absolute Gasteiger partial charge is 0.210 e. The summed E-state index contributed by atoms with van der Waals surface area (Å²) in [6.07, 6.45) is 8.98. The van der Waals surface area contributed by atoms with Crippen LogP contribution in [0, 0.1) is 5.92 Å². The summed E-state index contributed by atoms with van der Waals surface area (Å²) < 4.78 is 9.77. The number of hydrogen-bond donors (Lipinski definition) is 0. The van der Waals surface area contributed by atoms with E-state index in [2.05, 4.69) is 46.0 Å². The number of carbonyl (C=O) groups excluding carboxylic acids is 1. The number of hydrogen-bond acceptors (Lipinski definition) is 5. The maximum absolute atomic E-state index is 11.6. The zero-order valence-corrected chi connectivity index (χ0v) is 20.0. The number of fused-ring (bicyclic) bond motifs is 2. The second kappa shape index (κ2) is 8.58. The van der Waals surface area contributed by atoms with Gasteiger partial charge in [-0.05, 0) is 42.0 Å². The molecule has 0 saturated carbocycles. The van der Waals surface area contributed by atoms with Crippen LogP contribution in [0.3, 0.4) is 0 Å². The predicted molar refractivity (Wildman–Crippen MR) is 130 cm³/mol. The quantitative estimate of drug-likeness (QED) is 0.546. The second-order valence-electron chi connectivity index (χ2n) is 9.87. The molecule has 34 heavy (non-hydrogen) atoms. The van der Waals surface area contributed by atoms with E-state index in [-0.39, 0.29) is 6.04 Å². The molecule has 1 amide bonds. The van der Waals surface area contributed by atoms with Gasteiger partial charge in [0.2, 0.25) is 6.41 Å². The molecule has 8 heteroatoms. The fourth-order valence-corrected chi connectivity index (χ4v) is 5.74. The molecule has 3 aliphatic rings. The first kappa shape index (κ1) is 21.4. The van der Waals surface area contributed by atoms with Crippen LogP contribution >= 0.6 is 0 Å². The zero-order valence-electron chi connectivity index (χ0n) is 20.0. The molecule has 178 valence electrons. The van der Waals surface area contributed by atoms with Gasteiger partial charge in [0.15, 0.2) is 5.82 Å².